The molecule has 0 aliphatic carbocycles. The minimum Gasteiger partial charge on any atom is -0.466 e. The topological polar surface area (TPSA) is 126 Å². The maximum absolute atomic E-state index is 14.3. The van der Waals surface area contributed by atoms with Gasteiger partial charge in [-0.1, -0.05) is 46.9 Å². The number of carbonyl (C=O) groups excluding carboxylic acids is 5. The second kappa shape index (κ2) is 12.3. The molecule has 0 saturated heterocycles. The van der Waals surface area contributed by atoms with E-state index >= 15 is 0 Å². The normalized spacial score (nSPS) is 17.8. The minimum absolute atomic E-state index is 0.138. The predicted molar refractivity (Wildman–Crippen MR) is 173 cm³/mol. The lowest BCUT2D eigenvalue weighted by molar-refractivity contribution is -0.138. The zero-order valence-electron chi connectivity index (χ0n) is 25.8. The van der Waals surface area contributed by atoms with Gasteiger partial charge in [-0.25, -0.2) is 23.6 Å². The van der Waals surface area contributed by atoms with Gasteiger partial charge in [0.2, 0.25) is 0 Å². The molecule has 3 aliphatic heterocycles. The highest BCUT2D eigenvalue weighted by Crippen LogP contribution is 2.71. The Morgan fingerprint density at radius 1 is 0.739 bits per heavy atom. The van der Waals surface area contributed by atoms with E-state index in [0.717, 1.165) is 69.3 Å². The first-order valence-electron chi connectivity index (χ1n) is 13.6. The number of hydrogen-bond donors (Lipinski definition) is 0. The van der Waals surface area contributed by atoms with E-state index in [0.29, 0.717) is 21.7 Å². The number of nitrogens with zero attached hydrogens (tertiary/aromatic N) is 1. The van der Waals surface area contributed by atoms with Crippen molar-refractivity contribution in [2.75, 3.05) is 33.3 Å². The molecule has 5 rings (SSSR count). The molecule has 0 atom stereocenters. The minimum atomic E-state index is -1.69. The Morgan fingerprint density at radius 2 is 1.26 bits per heavy atom. The number of carbonyl (C=O) groups is 5. The molecule has 0 unspecified atom stereocenters. The van der Waals surface area contributed by atoms with E-state index in [1.54, 1.807) is 24.8 Å². The van der Waals surface area contributed by atoms with Crippen molar-refractivity contribution >= 4 is 76.3 Å². The summed E-state index contributed by atoms with van der Waals surface area (Å²) in [6.07, 6.45) is 0. The summed E-state index contributed by atoms with van der Waals surface area (Å²) in [5.74, 6) is -4.43. The maximum Gasteiger partial charge on any atom is 0.345 e. The summed E-state index contributed by atoms with van der Waals surface area (Å²) in [4.78, 5) is 69.4. The SMILES string of the molecule is COC(=O)C1=C(C(=O)OC)SC2(S1)C(C(=O)OC)=C(C(=O)OC)SC1=C2c2cc(C)ccc2N(C(=O)c2ccc(F)cc2)C1(C)C. The van der Waals surface area contributed by atoms with Crippen LogP contribution in [0.15, 0.2) is 67.7 Å². The predicted octanol–water partition coefficient (Wildman–Crippen LogP) is 5.37. The van der Waals surface area contributed by atoms with Crippen LogP contribution in [0.1, 0.15) is 35.3 Å². The van der Waals surface area contributed by atoms with E-state index in [1.807, 2.05) is 19.1 Å². The molecule has 240 valence electrons. The summed E-state index contributed by atoms with van der Waals surface area (Å²) in [5.41, 5.74) is 1.04. The first kappa shape index (κ1) is 33.4. The lowest BCUT2D eigenvalue weighted by Gasteiger charge is -2.50. The number of benzene rings is 2. The van der Waals surface area contributed by atoms with E-state index in [1.165, 1.54) is 24.3 Å². The van der Waals surface area contributed by atoms with Crippen molar-refractivity contribution in [1.82, 2.24) is 0 Å². The number of esters is 4. The first-order valence-corrected chi connectivity index (χ1v) is 16.1. The number of thioether (sulfide) groups is 3. The van der Waals surface area contributed by atoms with Crippen LogP contribution in [0.3, 0.4) is 0 Å². The van der Waals surface area contributed by atoms with Crippen molar-refractivity contribution in [1.29, 1.82) is 0 Å². The monoisotopic (exact) mass is 685 g/mol. The number of methoxy groups -OCH3 is 4. The van der Waals surface area contributed by atoms with Gasteiger partial charge in [0, 0.05) is 21.6 Å². The molecule has 3 aliphatic rings. The van der Waals surface area contributed by atoms with E-state index in [9.17, 15) is 28.4 Å². The van der Waals surface area contributed by atoms with Gasteiger partial charge >= 0.3 is 23.9 Å². The fourth-order valence-corrected chi connectivity index (χ4v) is 10.6. The second-order valence-electron chi connectivity index (χ2n) is 10.7. The van der Waals surface area contributed by atoms with E-state index < -0.39 is 45.2 Å². The van der Waals surface area contributed by atoms with Crippen LogP contribution in [0.25, 0.3) is 5.57 Å². The fourth-order valence-electron chi connectivity index (χ4n) is 5.52. The quantitative estimate of drug-likeness (QED) is 0.297. The van der Waals surface area contributed by atoms with Crippen molar-refractivity contribution < 1.29 is 47.3 Å². The molecule has 0 fully saturated rings. The molecule has 0 bridgehead atoms. The van der Waals surface area contributed by atoms with E-state index in [-0.39, 0.29) is 25.9 Å². The molecule has 1 amide bonds. The standard InChI is InChI=1S/C32H28FNO9S3/c1-15-8-13-19-18(14-15)20-25(31(2,3)34(19)26(35)16-9-11-17(33)12-10-16)44-22(28(37)41-5)21(27(36)40-4)32(20)45-23(29(38)42-6)24(46-32)30(39)43-7/h8-14H,1-7H3. The number of ether oxygens (including phenoxy) is 4. The van der Waals surface area contributed by atoms with Crippen molar-refractivity contribution in [3.05, 3.63) is 90.2 Å². The first-order chi connectivity index (χ1) is 21.8. The van der Waals surface area contributed by atoms with Crippen molar-refractivity contribution in [2.45, 2.75) is 30.4 Å². The van der Waals surface area contributed by atoms with Crippen molar-refractivity contribution in [3.63, 3.8) is 0 Å². The van der Waals surface area contributed by atoms with Gasteiger partial charge in [-0.15, -0.1) is 0 Å². The van der Waals surface area contributed by atoms with Gasteiger partial charge in [0.1, 0.15) is 24.6 Å². The van der Waals surface area contributed by atoms with Gasteiger partial charge in [-0.2, -0.15) is 0 Å². The van der Waals surface area contributed by atoms with Gasteiger partial charge < -0.3 is 18.9 Å². The molecule has 2 aromatic carbocycles. The Kier molecular flexibility index (Phi) is 8.92. The molecule has 46 heavy (non-hydrogen) atoms. The summed E-state index contributed by atoms with van der Waals surface area (Å²) in [6.45, 7) is 5.38. The van der Waals surface area contributed by atoms with Crippen LogP contribution in [-0.4, -0.2) is 67.8 Å². The molecule has 2 aromatic rings. The Hall–Kier alpha value is -4.01. The highest BCUT2D eigenvalue weighted by Gasteiger charge is 2.61. The third kappa shape index (κ3) is 5.12. The van der Waals surface area contributed by atoms with Crippen LogP contribution in [0.4, 0.5) is 10.1 Å². The molecule has 0 radical (unpaired) electrons. The highest BCUT2D eigenvalue weighted by molar-refractivity contribution is 8.26. The number of fused-ring (bicyclic) bond motifs is 3. The molecule has 3 heterocycles. The number of anilines is 1. The second-order valence-corrected chi connectivity index (χ2v) is 14.4. The molecule has 0 N–H and O–H groups in total. The smallest absolute Gasteiger partial charge is 0.345 e. The zero-order chi connectivity index (χ0) is 33.7. The van der Waals surface area contributed by atoms with E-state index in [2.05, 4.69) is 0 Å². The molecule has 0 aromatic heterocycles. The number of hydrogen-bond acceptors (Lipinski definition) is 12. The van der Waals surface area contributed by atoms with Gasteiger partial charge in [0.15, 0.2) is 0 Å². The lowest BCUT2D eigenvalue weighted by atomic mass is 9.82. The number of aryl methyl sites for hydroxylation is 1. The van der Waals surface area contributed by atoms with Crippen molar-refractivity contribution in [3.8, 4) is 0 Å². The highest BCUT2D eigenvalue weighted by atomic mass is 32.2. The number of halogens is 1. The van der Waals surface area contributed by atoms with Gasteiger partial charge in [-0.05, 0) is 57.2 Å². The summed E-state index contributed by atoms with van der Waals surface area (Å²) >= 11 is 2.64. The van der Waals surface area contributed by atoms with E-state index in [4.69, 9.17) is 18.9 Å². The van der Waals surface area contributed by atoms with Crippen LogP contribution in [0.5, 0.6) is 0 Å². The fraction of sp³-hybridized carbons (Fsp3) is 0.281. The summed E-state index contributed by atoms with van der Waals surface area (Å²) in [7, 11) is 4.61. The van der Waals surface area contributed by atoms with Crippen molar-refractivity contribution in [2.24, 2.45) is 0 Å². The Morgan fingerprint density at radius 3 is 1.78 bits per heavy atom. The Labute approximate surface area is 276 Å². The van der Waals surface area contributed by atoms with Crippen LogP contribution < -0.4 is 4.90 Å². The molecular formula is C32H28FNO9S3. The van der Waals surface area contributed by atoms with Crippen LogP contribution in [0.2, 0.25) is 0 Å². The number of rotatable bonds is 5. The summed E-state index contributed by atoms with van der Waals surface area (Å²) in [5, 5.41) is 0. The summed E-state index contributed by atoms with van der Waals surface area (Å²) < 4.78 is 32.5. The average Bonchev–Trinajstić information content (AvgIpc) is 3.43. The third-order valence-corrected chi connectivity index (χ3v) is 12.2. The molecule has 10 nitrogen and oxygen atoms in total. The average molecular weight is 686 g/mol. The maximum atomic E-state index is 14.3. The zero-order valence-corrected chi connectivity index (χ0v) is 28.2. The van der Waals surface area contributed by atoms with Crippen LogP contribution >= 0.6 is 35.3 Å². The van der Waals surface area contributed by atoms with Crippen LogP contribution in [-0.2, 0) is 38.1 Å². The number of amides is 1. The van der Waals surface area contributed by atoms with Gasteiger partial charge in [0.05, 0.1) is 45.2 Å². The van der Waals surface area contributed by atoms with Gasteiger partial charge in [-0.3, -0.25) is 9.69 Å². The lowest BCUT2D eigenvalue weighted by Crippen LogP contribution is -2.53. The Balaban J connectivity index is 1.89. The Bertz CT molecular complexity index is 1780. The van der Waals surface area contributed by atoms with Crippen LogP contribution in [0, 0.1) is 12.7 Å². The molecule has 14 heteroatoms. The molecule has 1 spiro atoms. The molecule has 0 saturated carbocycles. The summed E-state index contributed by atoms with van der Waals surface area (Å²) in [6, 6.07) is 10.5. The largest absolute Gasteiger partial charge is 0.466 e. The molecular weight excluding hydrogens is 658 g/mol. The third-order valence-electron chi connectivity index (χ3n) is 7.59. The van der Waals surface area contributed by atoms with Gasteiger partial charge in [0.25, 0.3) is 5.91 Å².